The van der Waals surface area contributed by atoms with Gasteiger partial charge in [0, 0.05) is 5.02 Å². The van der Waals surface area contributed by atoms with Gasteiger partial charge >= 0.3 is 0 Å². The van der Waals surface area contributed by atoms with E-state index in [4.69, 9.17) is 16.3 Å². The Hall–Kier alpha value is -1.68. The van der Waals surface area contributed by atoms with E-state index in [1.807, 2.05) is 17.5 Å². The summed E-state index contributed by atoms with van der Waals surface area (Å²) in [5.74, 6) is 0.199. The highest BCUT2D eigenvalue weighted by atomic mass is 35.5. The number of anilines is 1. The van der Waals surface area contributed by atoms with E-state index >= 15 is 0 Å². The van der Waals surface area contributed by atoms with Crippen molar-refractivity contribution in [2.24, 2.45) is 0 Å². The van der Waals surface area contributed by atoms with Crippen LogP contribution in [0.3, 0.4) is 0 Å². The van der Waals surface area contributed by atoms with Crippen molar-refractivity contribution in [3.05, 3.63) is 40.7 Å². The third-order valence-corrected chi connectivity index (χ3v) is 6.40. The molecule has 0 unspecified atom stereocenters. The zero-order valence-electron chi connectivity index (χ0n) is 11.7. The second-order valence-corrected chi connectivity index (χ2v) is 8.30. The van der Waals surface area contributed by atoms with Gasteiger partial charge in [0.05, 0.1) is 12.0 Å². The number of aromatic nitrogens is 2. The Kier molecular flexibility index (Phi) is 4.53. The van der Waals surface area contributed by atoms with Crippen LogP contribution in [0.5, 0.6) is 5.75 Å². The second-order valence-electron chi connectivity index (χ2n) is 4.29. The quantitative estimate of drug-likeness (QED) is 0.721. The maximum Gasteiger partial charge on any atom is 0.267 e. The first-order valence-corrected chi connectivity index (χ1v) is 9.79. The number of halogens is 1. The lowest BCUT2D eigenvalue weighted by molar-refractivity contribution is 0.403. The van der Waals surface area contributed by atoms with Crippen LogP contribution in [-0.2, 0) is 10.0 Å². The molecule has 0 saturated carbocycles. The molecular weight excluding hydrogens is 378 g/mol. The normalized spacial score (nSPS) is 11.4. The molecule has 2 aromatic heterocycles. The second kappa shape index (κ2) is 6.44. The molecule has 3 rings (SSSR count). The predicted molar refractivity (Wildman–Crippen MR) is 92.0 cm³/mol. The van der Waals surface area contributed by atoms with Crippen molar-refractivity contribution in [1.29, 1.82) is 0 Å². The minimum atomic E-state index is -3.88. The van der Waals surface area contributed by atoms with Gasteiger partial charge < -0.3 is 4.74 Å². The lowest BCUT2D eigenvalue weighted by atomic mass is 10.3. The number of thiophene rings is 1. The number of rotatable bonds is 5. The van der Waals surface area contributed by atoms with Crippen molar-refractivity contribution in [1.82, 2.24) is 10.2 Å². The predicted octanol–water partition coefficient (Wildman–Crippen LogP) is 3.73. The number of nitrogens with one attached hydrogen (secondary N) is 1. The smallest absolute Gasteiger partial charge is 0.267 e. The highest BCUT2D eigenvalue weighted by molar-refractivity contribution is 7.93. The zero-order valence-corrected chi connectivity index (χ0v) is 14.9. The van der Waals surface area contributed by atoms with E-state index in [1.54, 1.807) is 6.07 Å². The van der Waals surface area contributed by atoms with Crippen molar-refractivity contribution in [3.63, 3.8) is 0 Å². The van der Waals surface area contributed by atoms with E-state index in [2.05, 4.69) is 14.9 Å². The van der Waals surface area contributed by atoms with Crippen LogP contribution in [0.2, 0.25) is 5.02 Å². The van der Waals surface area contributed by atoms with Gasteiger partial charge in [-0.1, -0.05) is 29.0 Å². The van der Waals surface area contributed by atoms with Crippen molar-refractivity contribution in [3.8, 4) is 15.6 Å². The van der Waals surface area contributed by atoms with E-state index in [0.29, 0.717) is 10.0 Å². The molecule has 2 heterocycles. The number of nitrogens with zero attached hydrogens (tertiary/aromatic N) is 2. The first kappa shape index (κ1) is 16.2. The molecule has 120 valence electrons. The van der Waals surface area contributed by atoms with Gasteiger partial charge in [-0.25, -0.2) is 8.42 Å². The summed E-state index contributed by atoms with van der Waals surface area (Å²) in [5.41, 5.74) is 0. The van der Waals surface area contributed by atoms with Crippen molar-refractivity contribution < 1.29 is 13.2 Å². The average molecular weight is 388 g/mol. The fourth-order valence-corrected chi connectivity index (χ4v) is 4.99. The molecule has 0 amide bonds. The molecule has 0 aliphatic rings. The molecule has 6 nitrogen and oxygen atoms in total. The van der Waals surface area contributed by atoms with Gasteiger partial charge in [-0.2, -0.15) is 0 Å². The molecule has 0 atom stereocenters. The number of benzene rings is 1. The van der Waals surface area contributed by atoms with Crippen molar-refractivity contribution in [2.75, 3.05) is 11.8 Å². The van der Waals surface area contributed by atoms with Crippen LogP contribution in [0.4, 0.5) is 5.13 Å². The van der Waals surface area contributed by atoms with Crippen LogP contribution in [0, 0.1) is 0 Å². The number of methoxy groups -OCH3 is 1. The Morgan fingerprint density at radius 1 is 1.26 bits per heavy atom. The molecule has 0 bridgehead atoms. The topological polar surface area (TPSA) is 81.2 Å². The summed E-state index contributed by atoms with van der Waals surface area (Å²) in [6.07, 6.45) is 0. The molecule has 1 aromatic carbocycles. The third kappa shape index (κ3) is 3.47. The Bertz CT molecular complexity index is 923. The lowest BCUT2D eigenvalue weighted by Gasteiger charge is -2.09. The zero-order chi connectivity index (χ0) is 16.4. The van der Waals surface area contributed by atoms with Crippen LogP contribution in [0.15, 0.2) is 40.6 Å². The lowest BCUT2D eigenvalue weighted by Crippen LogP contribution is -2.14. The Balaban J connectivity index is 1.91. The van der Waals surface area contributed by atoms with Gasteiger partial charge in [0.15, 0.2) is 5.01 Å². The molecule has 0 saturated heterocycles. The average Bonchev–Trinajstić information content (AvgIpc) is 3.17. The summed E-state index contributed by atoms with van der Waals surface area (Å²) in [4.78, 5) is 0.869. The molecule has 0 aliphatic carbocycles. The number of hydrogen-bond acceptors (Lipinski definition) is 7. The molecule has 0 fully saturated rings. The summed E-state index contributed by atoms with van der Waals surface area (Å²) in [5, 5.41) is 10.9. The Morgan fingerprint density at radius 2 is 2.09 bits per heavy atom. The molecule has 0 aliphatic heterocycles. The fraction of sp³-hybridized carbons (Fsp3) is 0.0769. The minimum Gasteiger partial charge on any atom is -0.495 e. The summed E-state index contributed by atoms with van der Waals surface area (Å²) >= 11 is 8.54. The van der Waals surface area contributed by atoms with Gasteiger partial charge in [-0.05, 0) is 29.6 Å². The molecule has 3 aromatic rings. The van der Waals surface area contributed by atoms with Gasteiger partial charge in [0.2, 0.25) is 5.13 Å². The van der Waals surface area contributed by atoms with E-state index in [1.165, 1.54) is 30.6 Å². The molecule has 10 heteroatoms. The van der Waals surface area contributed by atoms with E-state index in [-0.39, 0.29) is 15.8 Å². The SMILES string of the molecule is COc1ccc(Cl)cc1S(=O)(=O)Nc1nnc(-c2cccs2)s1. The summed E-state index contributed by atoms with van der Waals surface area (Å²) < 4.78 is 32.5. The van der Waals surface area contributed by atoms with Gasteiger partial charge in [0.1, 0.15) is 10.6 Å². The van der Waals surface area contributed by atoms with Crippen molar-refractivity contribution >= 4 is 49.4 Å². The highest BCUT2D eigenvalue weighted by Gasteiger charge is 2.22. The highest BCUT2D eigenvalue weighted by Crippen LogP contribution is 2.32. The van der Waals surface area contributed by atoms with Crippen LogP contribution < -0.4 is 9.46 Å². The van der Waals surface area contributed by atoms with Gasteiger partial charge in [-0.15, -0.1) is 21.5 Å². The molecule has 0 spiro atoms. The van der Waals surface area contributed by atoms with Crippen LogP contribution in [0.25, 0.3) is 9.88 Å². The molecular formula is C13H10ClN3O3S3. The monoisotopic (exact) mass is 387 g/mol. The number of hydrogen-bond donors (Lipinski definition) is 1. The minimum absolute atomic E-state index is 0.0552. The Morgan fingerprint density at radius 3 is 2.78 bits per heavy atom. The summed E-state index contributed by atoms with van der Waals surface area (Å²) in [6, 6.07) is 8.16. The first-order chi connectivity index (χ1) is 11.0. The first-order valence-electron chi connectivity index (χ1n) is 6.23. The number of ether oxygens (including phenoxy) is 1. The van der Waals surface area contributed by atoms with Crippen LogP contribution >= 0.6 is 34.3 Å². The largest absolute Gasteiger partial charge is 0.495 e. The van der Waals surface area contributed by atoms with E-state index < -0.39 is 10.0 Å². The van der Waals surface area contributed by atoms with Crippen LogP contribution in [-0.4, -0.2) is 25.7 Å². The molecule has 1 N–H and O–H groups in total. The van der Waals surface area contributed by atoms with Gasteiger partial charge in [-0.3, -0.25) is 4.72 Å². The Labute approximate surface area is 145 Å². The fourth-order valence-electron chi connectivity index (χ4n) is 1.79. The molecule has 23 heavy (non-hydrogen) atoms. The van der Waals surface area contributed by atoms with E-state index in [0.717, 1.165) is 16.2 Å². The number of sulfonamides is 1. The summed E-state index contributed by atoms with van der Waals surface area (Å²) in [7, 11) is -2.49. The standard InChI is InChI=1S/C13H10ClN3O3S3/c1-20-9-5-4-8(14)7-11(9)23(18,19)17-13-16-15-12(22-13)10-3-2-6-21-10/h2-7H,1H3,(H,16,17). The van der Waals surface area contributed by atoms with Gasteiger partial charge in [0.25, 0.3) is 10.0 Å². The maximum absolute atomic E-state index is 12.5. The molecule has 0 radical (unpaired) electrons. The van der Waals surface area contributed by atoms with Crippen LogP contribution in [0.1, 0.15) is 0 Å². The van der Waals surface area contributed by atoms with E-state index in [9.17, 15) is 8.42 Å². The third-order valence-electron chi connectivity index (χ3n) is 2.79. The van der Waals surface area contributed by atoms with Crippen molar-refractivity contribution in [2.45, 2.75) is 4.90 Å². The summed E-state index contributed by atoms with van der Waals surface area (Å²) in [6.45, 7) is 0. The maximum atomic E-state index is 12.5.